The molecular formula is C3H8KNS. The smallest absolute Gasteiger partial charge is 1.00 e. The molecule has 1 rings (SSSR count). The Morgan fingerprint density at radius 2 is 2.50 bits per heavy atom. The molecule has 32 valence electrons. The van der Waals surface area contributed by atoms with Gasteiger partial charge in [0.2, 0.25) is 0 Å². The van der Waals surface area contributed by atoms with Gasteiger partial charge in [-0.3, -0.25) is 0 Å². The van der Waals surface area contributed by atoms with E-state index >= 15 is 0 Å². The predicted octanol–water partition coefficient (Wildman–Crippen LogP) is -2.60. The van der Waals surface area contributed by atoms with Gasteiger partial charge in [-0.25, -0.2) is 0 Å². The SMILES string of the molecule is C1CSCN1.[H-].[K+]. The van der Waals surface area contributed by atoms with Gasteiger partial charge < -0.3 is 6.74 Å². The molecule has 0 atom stereocenters. The first kappa shape index (κ1) is 7.95. The van der Waals surface area contributed by atoms with Crippen LogP contribution in [-0.2, 0) is 0 Å². The second-order valence-corrected chi connectivity index (χ2v) is 2.16. The normalized spacial score (nSPS) is 20.0. The van der Waals surface area contributed by atoms with E-state index in [1.54, 1.807) is 0 Å². The maximum Gasteiger partial charge on any atom is 1.00 e. The fraction of sp³-hybridized carbons (Fsp3) is 1.00. The number of rotatable bonds is 0. The van der Waals surface area contributed by atoms with Crippen molar-refractivity contribution in [3.05, 3.63) is 0 Å². The molecule has 1 heterocycles. The van der Waals surface area contributed by atoms with Gasteiger partial charge in [0.25, 0.3) is 0 Å². The number of hydrogen-bond donors (Lipinski definition) is 1. The van der Waals surface area contributed by atoms with E-state index in [9.17, 15) is 0 Å². The van der Waals surface area contributed by atoms with Crippen LogP contribution in [0.4, 0.5) is 0 Å². The van der Waals surface area contributed by atoms with Crippen molar-refractivity contribution >= 4 is 11.8 Å². The van der Waals surface area contributed by atoms with Crippen LogP contribution in [0.5, 0.6) is 0 Å². The van der Waals surface area contributed by atoms with E-state index in [4.69, 9.17) is 0 Å². The largest absolute Gasteiger partial charge is 1.00 e. The zero-order chi connectivity index (χ0) is 3.54. The third-order valence-corrected chi connectivity index (χ3v) is 1.53. The van der Waals surface area contributed by atoms with Gasteiger partial charge in [-0.1, -0.05) is 0 Å². The van der Waals surface area contributed by atoms with Crippen LogP contribution in [0.15, 0.2) is 0 Å². The third kappa shape index (κ3) is 3.02. The van der Waals surface area contributed by atoms with Gasteiger partial charge in [0.05, 0.1) is 0 Å². The first-order valence-electron chi connectivity index (χ1n) is 1.78. The summed E-state index contributed by atoms with van der Waals surface area (Å²) >= 11 is 1.96. The molecule has 0 spiro atoms. The Morgan fingerprint density at radius 1 is 1.67 bits per heavy atom. The number of hydrogen-bond acceptors (Lipinski definition) is 2. The van der Waals surface area contributed by atoms with Crippen LogP contribution in [0.3, 0.4) is 0 Å². The molecule has 1 aliphatic heterocycles. The number of nitrogens with one attached hydrogen (secondary N) is 1. The molecule has 1 saturated heterocycles. The Balaban J connectivity index is 0. The minimum Gasteiger partial charge on any atom is -1.00 e. The van der Waals surface area contributed by atoms with Crippen molar-refractivity contribution in [1.82, 2.24) is 5.32 Å². The molecule has 0 aliphatic carbocycles. The fourth-order valence-electron chi connectivity index (χ4n) is 0.361. The maximum atomic E-state index is 3.19. The van der Waals surface area contributed by atoms with Crippen molar-refractivity contribution in [1.29, 1.82) is 0 Å². The molecule has 0 aromatic carbocycles. The summed E-state index contributed by atoms with van der Waals surface area (Å²) in [4.78, 5) is 0. The van der Waals surface area contributed by atoms with E-state index in [1.807, 2.05) is 11.8 Å². The van der Waals surface area contributed by atoms with E-state index in [1.165, 1.54) is 18.2 Å². The van der Waals surface area contributed by atoms with Crippen molar-refractivity contribution in [3.8, 4) is 0 Å². The molecule has 1 fully saturated rings. The summed E-state index contributed by atoms with van der Waals surface area (Å²) in [5.74, 6) is 2.47. The van der Waals surface area contributed by atoms with Gasteiger partial charge in [-0.2, -0.15) is 0 Å². The Labute approximate surface area is 86.5 Å². The van der Waals surface area contributed by atoms with Gasteiger partial charge in [-0.05, 0) is 0 Å². The predicted molar refractivity (Wildman–Crippen MR) is 26.4 cm³/mol. The molecule has 0 unspecified atom stereocenters. The van der Waals surface area contributed by atoms with Crippen LogP contribution in [0, 0.1) is 0 Å². The minimum atomic E-state index is 0. The Hall–Kier alpha value is 1.95. The molecule has 3 heteroatoms. The van der Waals surface area contributed by atoms with E-state index in [0.717, 1.165) is 0 Å². The molecule has 1 nitrogen and oxygen atoms in total. The summed E-state index contributed by atoms with van der Waals surface area (Å²) in [6.07, 6.45) is 0. The van der Waals surface area contributed by atoms with Crippen molar-refractivity contribution in [3.63, 3.8) is 0 Å². The quantitative estimate of drug-likeness (QED) is 0.360. The Bertz CT molecular complexity index is 26.5. The standard InChI is InChI=1S/C3H7NS.K.H/c1-2-5-3-4-1;;/h4H,1-3H2;;/q;+1;-1. The first-order chi connectivity index (χ1) is 2.50. The van der Waals surface area contributed by atoms with Crippen molar-refractivity contribution in [2.75, 3.05) is 18.2 Å². The summed E-state index contributed by atoms with van der Waals surface area (Å²) in [5, 5.41) is 3.19. The average Bonchev–Trinajstić information content (AvgIpc) is 1.76. The molecule has 1 aliphatic rings. The average molecular weight is 129 g/mol. The molecule has 0 radical (unpaired) electrons. The summed E-state index contributed by atoms with van der Waals surface area (Å²) in [6.45, 7) is 1.21. The van der Waals surface area contributed by atoms with E-state index < -0.39 is 0 Å². The molecular weight excluding hydrogens is 121 g/mol. The summed E-state index contributed by atoms with van der Waals surface area (Å²) in [5.41, 5.74) is 0. The summed E-state index contributed by atoms with van der Waals surface area (Å²) in [7, 11) is 0. The van der Waals surface area contributed by atoms with Crippen molar-refractivity contribution in [2.45, 2.75) is 0 Å². The topological polar surface area (TPSA) is 12.0 Å². The van der Waals surface area contributed by atoms with Gasteiger partial charge in [0.1, 0.15) is 0 Å². The van der Waals surface area contributed by atoms with Gasteiger partial charge >= 0.3 is 51.4 Å². The number of thioether (sulfide) groups is 1. The van der Waals surface area contributed by atoms with Crippen LogP contribution < -0.4 is 56.7 Å². The second kappa shape index (κ2) is 5.09. The summed E-state index contributed by atoms with van der Waals surface area (Å²) < 4.78 is 0. The van der Waals surface area contributed by atoms with E-state index in [2.05, 4.69) is 5.32 Å². The first-order valence-corrected chi connectivity index (χ1v) is 2.94. The van der Waals surface area contributed by atoms with E-state index in [-0.39, 0.29) is 52.8 Å². The zero-order valence-electron chi connectivity index (χ0n) is 5.03. The van der Waals surface area contributed by atoms with E-state index in [0.29, 0.717) is 0 Å². The van der Waals surface area contributed by atoms with Gasteiger partial charge in [0, 0.05) is 18.2 Å². The summed E-state index contributed by atoms with van der Waals surface area (Å²) in [6, 6.07) is 0. The zero-order valence-corrected chi connectivity index (χ0v) is 7.97. The van der Waals surface area contributed by atoms with Crippen LogP contribution in [0.25, 0.3) is 0 Å². The second-order valence-electron chi connectivity index (χ2n) is 1.05. The van der Waals surface area contributed by atoms with Gasteiger partial charge in [-0.15, -0.1) is 11.8 Å². The molecule has 0 amide bonds. The molecule has 0 aromatic rings. The molecule has 0 aromatic heterocycles. The molecule has 0 saturated carbocycles. The fourth-order valence-corrected chi connectivity index (χ4v) is 1.08. The van der Waals surface area contributed by atoms with Crippen LogP contribution in [0.1, 0.15) is 1.43 Å². The van der Waals surface area contributed by atoms with Crippen LogP contribution >= 0.6 is 11.8 Å². The molecule has 6 heavy (non-hydrogen) atoms. The third-order valence-electron chi connectivity index (χ3n) is 0.627. The van der Waals surface area contributed by atoms with Gasteiger partial charge in [0.15, 0.2) is 0 Å². The van der Waals surface area contributed by atoms with Crippen molar-refractivity contribution in [2.24, 2.45) is 0 Å². The Kier molecular flexibility index (Phi) is 6.74. The maximum absolute atomic E-state index is 3.19. The Morgan fingerprint density at radius 3 is 2.67 bits per heavy atom. The van der Waals surface area contributed by atoms with Crippen LogP contribution in [-0.4, -0.2) is 18.2 Å². The monoisotopic (exact) mass is 129 g/mol. The minimum absolute atomic E-state index is 0. The molecule has 1 N–H and O–H groups in total. The van der Waals surface area contributed by atoms with Crippen molar-refractivity contribution < 1.29 is 52.8 Å². The molecule has 0 bridgehead atoms. The van der Waals surface area contributed by atoms with Crippen LogP contribution in [0.2, 0.25) is 0 Å².